The van der Waals surface area contributed by atoms with Crippen molar-refractivity contribution in [3.63, 3.8) is 0 Å². The lowest BCUT2D eigenvalue weighted by Crippen LogP contribution is -2.14. The number of hydrogen-bond donors (Lipinski definition) is 2. The van der Waals surface area contributed by atoms with Crippen molar-refractivity contribution >= 4 is 11.6 Å². The van der Waals surface area contributed by atoms with Gasteiger partial charge in [0.05, 0.1) is 11.3 Å². The van der Waals surface area contributed by atoms with E-state index in [2.05, 4.69) is 0 Å². The van der Waals surface area contributed by atoms with Crippen LogP contribution in [0.5, 0.6) is 0 Å². The first kappa shape index (κ1) is 8.52. The normalized spacial score (nSPS) is 9.83. The maximum absolute atomic E-state index is 12.9. The average molecular weight is 168 g/mol. The molecule has 1 rings (SSSR count). The van der Waals surface area contributed by atoms with E-state index in [1.165, 1.54) is 12.1 Å². The Bertz CT molecular complexity index is 336. The molecule has 3 nitrogen and oxygen atoms in total. The Balaban J connectivity index is 3.37. The van der Waals surface area contributed by atoms with Crippen LogP contribution in [0.2, 0.25) is 0 Å². The Labute approximate surface area is 69.2 Å². The van der Waals surface area contributed by atoms with Crippen LogP contribution in [0.1, 0.15) is 15.9 Å². The van der Waals surface area contributed by atoms with Crippen molar-refractivity contribution in [1.82, 2.24) is 0 Å². The smallest absolute Gasteiger partial charge is 0.250 e. The molecule has 0 bridgehead atoms. The summed E-state index contributed by atoms with van der Waals surface area (Å²) in [5, 5.41) is 0. The molecule has 0 aromatic heterocycles. The van der Waals surface area contributed by atoms with Crippen LogP contribution in [0.4, 0.5) is 10.1 Å². The van der Waals surface area contributed by atoms with Gasteiger partial charge < -0.3 is 11.5 Å². The number of amides is 1. The minimum atomic E-state index is -0.713. The average Bonchev–Trinajstić information content (AvgIpc) is 1.96. The third-order valence-electron chi connectivity index (χ3n) is 1.54. The quantitative estimate of drug-likeness (QED) is 0.609. The fourth-order valence-corrected chi connectivity index (χ4v) is 0.957. The number of benzene rings is 1. The first-order valence-corrected chi connectivity index (χ1v) is 3.38. The Hall–Kier alpha value is -1.58. The highest BCUT2D eigenvalue weighted by Crippen LogP contribution is 2.17. The number of carbonyl (C=O) groups is 1. The van der Waals surface area contributed by atoms with Gasteiger partial charge in [0.1, 0.15) is 5.82 Å². The van der Waals surface area contributed by atoms with Crippen molar-refractivity contribution in [1.29, 1.82) is 0 Å². The van der Waals surface area contributed by atoms with E-state index in [1.807, 2.05) is 0 Å². The molecule has 0 aliphatic heterocycles. The van der Waals surface area contributed by atoms with Gasteiger partial charge >= 0.3 is 0 Å². The minimum absolute atomic E-state index is 0.0347. The molecule has 1 aromatic carbocycles. The van der Waals surface area contributed by atoms with Crippen LogP contribution in [0.25, 0.3) is 0 Å². The molecule has 0 heterocycles. The number of nitrogens with two attached hydrogens (primary N) is 2. The van der Waals surface area contributed by atoms with Crippen LogP contribution >= 0.6 is 0 Å². The number of primary amides is 1. The molecule has 0 radical (unpaired) electrons. The van der Waals surface area contributed by atoms with Crippen LogP contribution in [-0.4, -0.2) is 5.91 Å². The van der Waals surface area contributed by atoms with Gasteiger partial charge in [0.2, 0.25) is 0 Å². The number of rotatable bonds is 1. The third-order valence-corrected chi connectivity index (χ3v) is 1.54. The van der Waals surface area contributed by atoms with Gasteiger partial charge in [-0.25, -0.2) is 4.39 Å². The maximum Gasteiger partial charge on any atom is 0.250 e. The van der Waals surface area contributed by atoms with E-state index in [0.717, 1.165) is 0 Å². The van der Waals surface area contributed by atoms with Crippen LogP contribution in [0.15, 0.2) is 12.1 Å². The molecule has 1 amide bonds. The Morgan fingerprint density at radius 1 is 1.50 bits per heavy atom. The van der Waals surface area contributed by atoms with E-state index < -0.39 is 11.7 Å². The van der Waals surface area contributed by atoms with Crippen LogP contribution in [0, 0.1) is 12.7 Å². The minimum Gasteiger partial charge on any atom is -0.396 e. The maximum atomic E-state index is 12.9. The van der Waals surface area contributed by atoms with Crippen molar-refractivity contribution in [3.8, 4) is 0 Å². The molecule has 0 unspecified atom stereocenters. The molecule has 0 spiro atoms. The van der Waals surface area contributed by atoms with Crippen LogP contribution in [0.3, 0.4) is 0 Å². The van der Waals surface area contributed by atoms with Crippen molar-refractivity contribution < 1.29 is 9.18 Å². The fraction of sp³-hybridized carbons (Fsp3) is 0.125. The summed E-state index contributed by atoms with van der Waals surface area (Å²) in [7, 11) is 0. The number of carbonyl (C=O) groups excluding carboxylic acids is 1. The molecule has 0 fully saturated rings. The molecule has 1 aromatic rings. The van der Waals surface area contributed by atoms with E-state index >= 15 is 0 Å². The second-order valence-corrected chi connectivity index (χ2v) is 2.57. The van der Waals surface area contributed by atoms with Gasteiger partial charge in [-0.2, -0.15) is 0 Å². The van der Waals surface area contributed by atoms with Crippen LogP contribution < -0.4 is 11.5 Å². The summed E-state index contributed by atoms with van der Waals surface area (Å²) in [6.45, 7) is 1.66. The molecule has 4 N–H and O–H groups in total. The summed E-state index contributed by atoms with van der Waals surface area (Å²) in [5.41, 5.74) is 10.7. The molecule has 0 saturated heterocycles. The monoisotopic (exact) mass is 168 g/mol. The first-order valence-electron chi connectivity index (χ1n) is 3.38. The standard InChI is InChI=1S/C8H9FN2O/c1-4-2-5(8(11)12)7(10)6(9)3-4/h2-3H,10H2,1H3,(H2,11,12). The van der Waals surface area contributed by atoms with Gasteiger partial charge in [-0.05, 0) is 24.6 Å². The molecule has 0 aliphatic rings. The summed E-state index contributed by atoms with van der Waals surface area (Å²) in [5.74, 6) is -1.32. The predicted molar refractivity (Wildman–Crippen MR) is 44.1 cm³/mol. The van der Waals surface area contributed by atoms with Gasteiger partial charge in [-0.15, -0.1) is 0 Å². The van der Waals surface area contributed by atoms with Gasteiger partial charge in [-0.3, -0.25) is 4.79 Å². The zero-order valence-corrected chi connectivity index (χ0v) is 6.60. The SMILES string of the molecule is Cc1cc(F)c(N)c(C(N)=O)c1. The summed E-state index contributed by atoms with van der Waals surface area (Å²) in [6, 6.07) is 2.71. The van der Waals surface area contributed by atoms with Gasteiger partial charge in [0.15, 0.2) is 0 Å². The Morgan fingerprint density at radius 2 is 2.08 bits per heavy atom. The molecule has 0 atom stereocenters. The van der Waals surface area contributed by atoms with E-state index in [0.29, 0.717) is 5.56 Å². The number of anilines is 1. The lowest BCUT2D eigenvalue weighted by atomic mass is 10.1. The van der Waals surface area contributed by atoms with E-state index in [4.69, 9.17) is 11.5 Å². The third kappa shape index (κ3) is 1.37. The number of aryl methyl sites for hydroxylation is 1. The fourth-order valence-electron chi connectivity index (χ4n) is 0.957. The number of hydrogen-bond acceptors (Lipinski definition) is 2. The van der Waals surface area contributed by atoms with E-state index in [-0.39, 0.29) is 11.3 Å². The predicted octanol–water partition coefficient (Wildman–Crippen LogP) is 0.815. The molecule has 0 aliphatic carbocycles. The van der Waals surface area contributed by atoms with Gasteiger partial charge in [-0.1, -0.05) is 0 Å². The lowest BCUT2D eigenvalue weighted by Gasteiger charge is -2.03. The molecule has 64 valence electrons. The van der Waals surface area contributed by atoms with Gasteiger partial charge in [0, 0.05) is 0 Å². The topological polar surface area (TPSA) is 69.1 Å². The highest BCUT2D eigenvalue weighted by atomic mass is 19.1. The molecular formula is C8H9FN2O. The van der Waals surface area contributed by atoms with Crippen LogP contribution in [-0.2, 0) is 0 Å². The summed E-state index contributed by atoms with van der Waals surface area (Å²) in [6.07, 6.45) is 0. The second-order valence-electron chi connectivity index (χ2n) is 2.57. The second kappa shape index (κ2) is 2.81. The number of halogens is 1. The summed E-state index contributed by atoms with van der Waals surface area (Å²) < 4.78 is 12.9. The zero-order valence-electron chi connectivity index (χ0n) is 6.60. The molecule has 12 heavy (non-hydrogen) atoms. The summed E-state index contributed by atoms with van der Waals surface area (Å²) >= 11 is 0. The molecular weight excluding hydrogens is 159 g/mol. The van der Waals surface area contributed by atoms with Crippen molar-refractivity contribution in [2.75, 3.05) is 5.73 Å². The largest absolute Gasteiger partial charge is 0.396 e. The Morgan fingerprint density at radius 3 is 2.58 bits per heavy atom. The summed E-state index contributed by atoms with van der Waals surface area (Å²) in [4.78, 5) is 10.7. The number of nitrogen functional groups attached to an aromatic ring is 1. The lowest BCUT2D eigenvalue weighted by molar-refractivity contribution is 0.100. The van der Waals surface area contributed by atoms with Crippen molar-refractivity contribution in [2.45, 2.75) is 6.92 Å². The molecule has 4 heteroatoms. The first-order chi connectivity index (χ1) is 5.52. The van der Waals surface area contributed by atoms with Crippen molar-refractivity contribution in [3.05, 3.63) is 29.1 Å². The highest BCUT2D eigenvalue weighted by Gasteiger charge is 2.10. The van der Waals surface area contributed by atoms with Gasteiger partial charge in [0.25, 0.3) is 5.91 Å². The zero-order chi connectivity index (χ0) is 9.30. The van der Waals surface area contributed by atoms with E-state index in [9.17, 15) is 9.18 Å². The van der Waals surface area contributed by atoms with E-state index in [1.54, 1.807) is 6.92 Å². The Kier molecular flexibility index (Phi) is 1.99. The van der Waals surface area contributed by atoms with Crippen molar-refractivity contribution in [2.24, 2.45) is 5.73 Å². The highest BCUT2D eigenvalue weighted by molar-refractivity contribution is 5.98. The molecule has 0 saturated carbocycles.